The van der Waals surface area contributed by atoms with Gasteiger partial charge in [0.2, 0.25) is 0 Å². The zero-order valence-electron chi connectivity index (χ0n) is 20.9. The molecule has 0 aliphatic heterocycles. The quantitative estimate of drug-likeness (QED) is 0.238. The van der Waals surface area contributed by atoms with E-state index in [1.54, 1.807) is 0 Å². The van der Waals surface area contributed by atoms with Gasteiger partial charge in [-0.25, -0.2) is 0 Å². The number of hydrogen-bond acceptors (Lipinski definition) is 2. The molecule has 5 aromatic carbocycles. The number of benzene rings is 5. The zero-order chi connectivity index (χ0) is 25.5. The van der Waals surface area contributed by atoms with E-state index in [4.69, 9.17) is 4.42 Å². The van der Waals surface area contributed by atoms with E-state index in [1.807, 2.05) is 18.5 Å². The van der Waals surface area contributed by atoms with Crippen molar-refractivity contribution in [2.24, 2.45) is 0 Å². The van der Waals surface area contributed by atoms with Crippen LogP contribution in [-0.4, -0.2) is 14.1 Å². The van der Waals surface area contributed by atoms with Crippen molar-refractivity contribution in [3.05, 3.63) is 128 Å². The van der Waals surface area contributed by atoms with Gasteiger partial charge >= 0.3 is 0 Å². The van der Waals surface area contributed by atoms with Crippen molar-refractivity contribution >= 4 is 65.6 Å². The highest BCUT2D eigenvalue weighted by Gasteiger charge is 2.27. The van der Waals surface area contributed by atoms with Crippen LogP contribution in [0, 0.1) is 0 Å². The summed E-state index contributed by atoms with van der Waals surface area (Å²) in [4.78, 5) is 4.31. The third kappa shape index (κ3) is 2.65. The average Bonchev–Trinajstić information content (AvgIpc) is 3.66. The minimum Gasteiger partial charge on any atom is -0.455 e. The molecule has 0 bridgehead atoms. The summed E-state index contributed by atoms with van der Waals surface area (Å²) in [5.74, 6) is 0. The Morgan fingerprint density at radius 2 is 0.974 bits per heavy atom. The summed E-state index contributed by atoms with van der Waals surface area (Å²) in [5, 5.41) is 7.01. The van der Waals surface area contributed by atoms with Gasteiger partial charge < -0.3 is 13.6 Å². The summed E-state index contributed by atoms with van der Waals surface area (Å²) in [6.07, 6.45) is 3.72. The predicted octanol–water partition coefficient (Wildman–Crippen LogP) is 9.18. The van der Waals surface area contributed by atoms with E-state index in [9.17, 15) is 0 Å². The fourth-order valence-corrected chi connectivity index (χ4v) is 6.49. The highest BCUT2D eigenvalue weighted by atomic mass is 16.3. The predicted molar refractivity (Wildman–Crippen MR) is 160 cm³/mol. The van der Waals surface area contributed by atoms with Crippen molar-refractivity contribution in [2.75, 3.05) is 0 Å². The summed E-state index contributed by atoms with van der Waals surface area (Å²) < 4.78 is 11.6. The molecule has 0 radical (unpaired) electrons. The molecule has 9 rings (SSSR count). The third-order valence-corrected chi connectivity index (χ3v) is 7.98. The van der Waals surface area contributed by atoms with Crippen LogP contribution in [0.5, 0.6) is 0 Å². The molecule has 9 aromatic rings. The van der Waals surface area contributed by atoms with Gasteiger partial charge in [0.05, 0.1) is 32.8 Å². The summed E-state index contributed by atoms with van der Waals surface area (Å²) in [5.41, 5.74) is 8.64. The van der Waals surface area contributed by atoms with Gasteiger partial charge in [0, 0.05) is 45.3 Å². The second kappa shape index (κ2) is 7.59. The van der Waals surface area contributed by atoms with Gasteiger partial charge in [-0.1, -0.05) is 72.8 Å². The van der Waals surface area contributed by atoms with Crippen LogP contribution in [0.2, 0.25) is 0 Å². The van der Waals surface area contributed by atoms with Crippen molar-refractivity contribution < 1.29 is 4.42 Å². The molecule has 0 atom stereocenters. The fourth-order valence-electron chi connectivity index (χ4n) is 6.49. The molecule has 0 aliphatic rings. The molecular weight excluding hydrogens is 478 g/mol. The minimum atomic E-state index is 0.893. The Hall–Kier alpha value is -5.35. The summed E-state index contributed by atoms with van der Waals surface area (Å²) >= 11 is 0. The maximum absolute atomic E-state index is 6.78. The average molecular weight is 500 g/mol. The van der Waals surface area contributed by atoms with E-state index in [0.717, 1.165) is 60.8 Å². The van der Waals surface area contributed by atoms with Crippen molar-refractivity contribution in [1.82, 2.24) is 14.1 Å². The monoisotopic (exact) mass is 499 g/mol. The van der Waals surface area contributed by atoms with Gasteiger partial charge in [0.15, 0.2) is 0 Å². The molecule has 0 unspecified atom stereocenters. The molecular formula is C35H21N3O. The molecule has 0 spiro atoms. The van der Waals surface area contributed by atoms with Gasteiger partial charge in [0.25, 0.3) is 0 Å². The van der Waals surface area contributed by atoms with Gasteiger partial charge in [-0.3, -0.25) is 4.98 Å². The Balaban J connectivity index is 1.70. The first-order valence-electron chi connectivity index (χ1n) is 13.2. The van der Waals surface area contributed by atoms with Crippen molar-refractivity contribution in [2.45, 2.75) is 0 Å². The van der Waals surface area contributed by atoms with Gasteiger partial charge in [-0.05, 0) is 42.5 Å². The molecule has 0 fully saturated rings. The fraction of sp³-hybridized carbons (Fsp3) is 0. The number of para-hydroxylation sites is 4. The van der Waals surface area contributed by atoms with Gasteiger partial charge in [-0.2, -0.15) is 0 Å². The minimum absolute atomic E-state index is 0.893. The maximum Gasteiger partial charge on any atom is 0.147 e. The van der Waals surface area contributed by atoms with Crippen LogP contribution in [0.1, 0.15) is 0 Å². The lowest BCUT2D eigenvalue weighted by molar-refractivity contribution is 0.673. The molecule has 4 aromatic heterocycles. The van der Waals surface area contributed by atoms with Crippen LogP contribution in [0.15, 0.2) is 132 Å². The number of furan rings is 1. The molecule has 0 saturated heterocycles. The lowest BCUT2D eigenvalue weighted by Gasteiger charge is -2.11. The first kappa shape index (κ1) is 20.7. The number of pyridine rings is 1. The normalized spacial score (nSPS) is 12.1. The lowest BCUT2D eigenvalue weighted by Crippen LogP contribution is -1.96. The molecule has 0 aliphatic carbocycles. The smallest absolute Gasteiger partial charge is 0.147 e. The Labute approximate surface area is 222 Å². The van der Waals surface area contributed by atoms with E-state index in [2.05, 4.69) is 123 Å². The summed E-state index contributed by atoms with van der Waals surface area (Å²) in [7, 11) is 0. The Morgan fingerprint density at radius 3 is 1.67 bits per heavy atom. The topological polar surface area (TPSA) is 35.9 Å². The Morgan fingerprint density at radius 1 is 0.462 bits per heavy atom. The Bertz CT molecular complexity index is 2300. The number of nitrogens with zero attached hydrogens (tertiary/aromatic N) is 3. The van der Waals surface area contributed by atoms with Gasteiger partial charge in [-0.15, -0.1) is 0 Å². The van der Waals surface area contributed by atoms with E-state index in [-0.39, 0.29) is 0 Å². The standard InChI is InChI=1S/C35H21N3O/c1-2-10-22(11-3-1)37-28-16-8-5-13-25(28)31-33(37)30-24-12-4-7-15-27(24)38(23-18-20-36-21-19-23)34(30)32-26-14-6-9-17-29(26)39-35(31)32/h1-21H. The van der Waals surface area contributed by atoms with E-state index < -0.39 is 0 Å². The molecule has 0 saturated carbocycles. The second-order valence-electron chi connectivity index (χ2n) is 10.00. The molecule has 0 N–H and O–H groups in total. The maximum atomic E-state index is 6.78. The van der Waals surface area contributed by atoms with Crippen LogP contribution in [0.4, 0.5) is 0 Å². The number of hydrogen-bond donors (Lipinski definition) is 0. The molecule has 0 amide bonds. The van der Waals surface area contributed by atoms with Crippen molar-refractivity contribution in [3.8, 4) is 11.4 Å². The van der Waals surface area contributed by atoms with Crippen molar-refractivity contribution in [3.63, 3.8) is 0 Å². The summed E-state index contributed by atoms with van der Waals surface area (Å²) in [6.45, 7) is 0. The number of rotatable bonds is 2. The molecule has 39 heavy (non-hydrogen) atoms. The number of fused-ring (bicyclic) bond motifs is 12. The molecule has 4 heteroatoms. The highest BCUT2D eigenvalue weighted by molar-refractivity contribution is 6.39. The van der Waals surface area contributed by atoms with E-state index >= 15 is 0 Å². The molecule has 4 nitrogen and oxygen atoms in total. The third-order valence-electron chi connectivity index (χ3n) is 7.98. The van der Waals surface area contributed by atoms with Crippen LogP contribution in [-0.2, 0) is 0 Å². The van der Waals surface area contributed by atoms with Crippen LogP contribution < -0.4 is 0 Å². The van der Waals surface area contributed by atoms with Crippen LogP contribution in [0.3, 0.4) is 0 Å². The van der Waals surface area contributed by atoms with E-state index in [1.165, 1.54) is 16.2 Å². The largest absolute Gasteiger partial charge is 0.455 e. The first-order chi connectivity index (χ1) is 19.4. The van der Waals surface area contributed by atoms with Crippen molar-refractivity contribution in [1.29, 1.82) is 0 Å². The number of aromatic nitrogens is 3. The van der Waals surface area contributed by atoms with Gasteiger partial charge in [0.1, 0.15) is 11.2 Å². The highest BCUT2D eigenvalue weighted by Crippen LogP contribution is 2.49. The Kier molecular flexibility index (Phi) is 4.02. The van der Waals surface area contributed by atoms with E-state index in [0.29, 0.717) is 0 Å². The first-order valence-corrected chi connectivity index (χ1v) is 13.2. The van der Waals surface area contributed by atoms with Crippen LogP contribution in [0.25, 0.3) is 76.9 Å². The lowest BCUT2D eigenvalue weighted by atomic mass is 10.0. The summed E-state index contributed by atoms with van der Waals surface area (Å²) in [6, 6.07) is 40.6. The molecule has 182 valence electrons. The molecule has 4 heterocycles. The SMILES string of the molecule is c1ccc(-n2c3ccccc3c3c4oc5ccccc5c4c4c(c5ccccc5n4-c4ccncc4)c32)cc1. The second-order valence-corrected chi connectivity index (χ2v) is 10.00. The van der Waals surface area contributed by atoms with Crippen LogP contribution >= 0.6 is 0 Å². The zero-order valence-corrected chi connectivity index (χ0v) is 20.9.